The lowest BCUT2D eigenvalue weighted by molar-refractivity contribution is 0.0241. The van der Waals surface area contributed by atoms with E-state index in [1.165, 1.54) is 18.2 Å². The number of allylic oxidation sites excluding steroid dienone is 2. The molecule has 0 heterocycles. The van der Waals surface area contributed by atoms with Crippen molar-refractivity contribution in [1.82, 2.24) is 0 Å². The molecule has 1 aliphatic carbocycles. The molecule has 4 heteroatoms. The summed E-state index contributed by atoms with van der Waals surface area (Å²) < 4.78 is 5.40. The molecule has 0 aliphatic heterocycles. The molecule has 2 aromatic carbocycles. The third-order valence-electron chi connectivity index (χ3n) is 3.57. The topological polar surface area (TPSA) is 63.6 Å². The van der Waals surface area contributed by atoms with Crippen LogP contribution in [0, 0.1) is 0 Å². The van der Waals surface area contributed by atoms with E-state index in [0.29, 0.717) is 11.1 Å². The Morgan fingerprint density at radius 3 is 2.30 bits per heavy atom. The second kappa shape index (κ2) is 6.02. The summed E-state index contributed by atoms with van der Waals surface area (Å²) >= 11 is 0. The molecule has 1 atom stereocenters. The van der Waals surface area contributed by atoms with E-state index in [1.807, 2.05) is 0 Å². The number of carbonyl (C=O) groups excluding carboxylic acids is 2. The van der Waals surface area contributed by atoms with Crippen molar-refractivity contribution in [2.24, 2.45) is 0 Å². The van der Waals surface area contributed by atoms with Gasteiger partial charge in [-0.3, -0.25) is 9.59 Å². The highest BCUT2D eigenvalue weighted by Crippen LogP contribution is 2.33. The van der Waals surface area contributed by atoms with Gasteiger partial charge in [0.1, 0.15) is 5.75 Å². The molecular weight excluding hydrogens is 292 g/mol. The van der Waals surface area contributed by atoms with Crippen LogP contribution in [0.1, 0.15) is 31.8 Å². The monoisotopic (exact) mass is 306 g/mol. The van der Waals surface area contributed by atoms with E-state index in [4.69, 9.17) is 4.74 Å². The highest BCUT2D eigenvalue weighted by Gasteiger charge is 2.32. The van der Waals surface area contributed by atoms with Crippen molar-refractivity contribution in [2.75, 3.05) is 0 Å². The second-order valence-corrected chi connectivity index (χ2v) is 5.01. The van der Waals surface area contributed by atoms with Gasteiger partial charge in [-0.25, -0.2) is 0 Å². The van der Waals surface area contributed by atoms with Gasteiger partial charge in [-0.05, 0) is 12.1 Å². The summed E-state index contributed by atoms with van der Waals surface area (Å²) in [5.41, 5.74) is 1.19. The zero-order valence-electron chi connectivity index (χ0n) is 12.2. The van der Waals surface area contributed by atoms with Gasteiger partial charge in [0, 0.05) is 16.7 Å². The van der Waals surface area contributed by atoms with Crippen molar-refractivity contribution < 1.29 is 19.4 Å². The number of hydrogen-bond acceptors (Lipinski definition) is 4. The first-order valence-corrected chi connectivity index (χ1v) is 7.09. The van der Waals surface area contributed by atoms with Crippen LogP contribution in [-0.4, -0.2) is 23.0 Å². The van der Waals surface area contributed by atoms with Crippen LogP contribution in [0.15, 0.2) is 67.3 Å². The van der Waals surface area contributed by atoms with Crippen LogP contribution in [0.5, 0.6) is 5.75 Å². The molecule has 3 rings (SSSR count). The van der Waals surface area contributed by atoms with Gasteiger partial charge in [-0.2, -0.15) is 0 Å². The molecule has 114 valence electrons. The Hall–Kier alpha value is -2.98. The fourth-order valence-electron chi connectivity index (χ4n) is 2.55. The van der Waals surface area contributed by atoms with Crippen LogP contribution in [0.2, 0.25) is 0 Å². The first-order valence-electron chi connectivity index (χ1n) is 7.09. The summed E-state index contributed by atoms with van der Waals surface area (Å²) in [4.78, 5) is 25.3. The Morgan fingerprint density at radius 2 is 1.61 bits per heavy atom. The average molecular weight is 306 g/mol. The molecule has 1 N–H and O–H groups in total. The summed E-state index contributed by atoms with van der Waals surface area (Å²) in [6.45, 7) is 3.50. The Labute approximate surface area is 133 Å². The molecular formula is C19H14O4. The predicted molar refractivity (Wildman–Crippen MR) is 85.7 cm³/mol. The smallest absolute Gasteiger partial charge is 0.217 e. The maximum absolute atomic E-state index is 12.7. The van der Waals surface area contributed by atoms with Crippen LogP contribution in [0.3, 0.4) is 0 Å². The largest absolute Gasteiger partial charge is 0.461 e. The number of aliphatic hydroxyl groups excluding tert-OH is 1. The number of rotatable bonds is 4. The normalized spacial score (nSPS) is 14.3. The van der Waals surface area contributed by atoms with Gasteiger partial charge in [0.2, 0.25) is 6.29 Å². The maximum atomic E-state index is 12.7. The molecule has 23 heavy (non-hydrogen) atoms. The molecule has 0 amide bonds. The predicted octanol–water partition coefficient (Wildman–Crippen LogP) is 2.90. The van der Waals surface area contributed by atoms with Gasteiger partial charge >= 0.3 is 0 Å². The molecule has 1 aliphatic rings. The molecule has 0 saturated heterocycles. The van der Waals surface area contributed by atoms with Crippen molar-refractivity contribution in [1.29, 1.82) is 0 Å². The van der Waals surface area contributed by atoms with Gasteiger partial charge in [0.25, 0.3) is 0 Å². The van der Waals surface area contributed by atoms with Crippen molar-refractivity contribution in [3.63, 3.8) is 0 Å². The molecule has 4 nitrogen and oxygen atoms in total. The van der Waals surface area contributed by atoms with Crippen molar-refractivity contribution >= 4 is 11.6 Å². The van der Waals surface area contributed by atoms with Crippen LogP contribution < -0.4 is 4.74 Å². The molecule has 0 fully saturated rings. The maximum Gasteiger partial charge on any atom is 0.217 e. The van der Waals surface area contributed by atoms with Crippen molar-refractivity contribution in [3.05, 3.63) is 89.5 Å². The fraction of sp³-hybridized carbons (Fsp3) is 0.0526. The van der Waals surface area contributed by atoms with Gasteiger partial charge < -0.3 is 9.84 Å². The van der Waals surface area contributed by atoms with Crippen molar-refractivity contribution in [2.45, 2.75) is 6.29 Å². The molecule has 0 saturated carbocycles. The Balaban J connectivity index is 2.07. The van der Waals surface area contributed by atoms with Gasteiger partial charge in [0.15, 0.2) is 11.6 Å². The first-order chi connectivity index (χ1) is 11.1. The standard InChI is InChI=1S/C19H14O4/c1-2-3-11-16(20)23-15-10-6-9-14-17(15)19(22)13-8-5-4-7-12(13)18(14)21/h2-11,16,20H,1H2/b11-3-. The van der Waals surface area contributed by atoms with E-state index in [-0.39, 0.29) is 28.4 Å². The van der Waals surface area contributed by atoms with E-state index in [2.05, 4.69) is 6.58 Å². The Bertz CT molecular complexity index is 833. The average Bonchev–Trinajstić information content (AvgIpc) is 2.57. The first kappa shape index (κ1) is 14.9. The molecule has 0 aromatic heterocycles. The molecule has 1 unspecified atom stereocenters. The fourth-order valence-corrected chi connectivity index (χ4v) is 2.55. The minimum Gasteiger partial charge on any atom is -0.461 e. The highest BCUT2D eigenvalue weighted by molar-refractivity contribution is 6.29. The Morgan fingerprint density at radius 1 is 0.957 bits per heavy atom. The summed E-state index contributed by atoms with van der Waals surface area (Å²) in [6, 6.07) is 11.4. The number of hydrogen-bond donors (Lipinski definition) is 1. The van der Waals surface area contributed by atoms with Crippen molar-refractivity contribution in [3.8, 4) is 5.75 Å². The minimum atomic E-state index is -1.24. The number of carbonyl (C=O) groups is 2. The molecule has 2 aromatic rings. The highest BCUT2D eigenvalue weighted by atomic mass is 16.6. The van der Waals surface area contributed by atoms with E-state index < -0.39 is 6.29 Å². The van der Waals surface area contributed by atoms with Crippen LogP contribution in [0.4, 0.5) is 0 Å². The summed E-state index contributed by atoms with van der Waals surface area (Å²) in [5, 5.41) is 9.83. The SMILES string of the molecule is C=C/C=C\C(O)Oc1cccc2c1C(=O)c1ccccc1C2=O. The number of ketones is 2. The summed E-state index contributed by atoms with van der Waals surface area (Å²) in [7, 11) is 0. The minimum absolute atomic E-state index is 0.177. The van der Waals surface area contributed by atoms with E-state index in [9.17, 15) is 14.7 Å². The van der Waals surface area contributed by atoms with Crippen LogP contribution >= 0.6 is 0 Å². The quantitative estimate of drug-likeness (QED) is 0.594. The molecule has 0 spiro atoms. The lowest BCUT2D eigenvalue weighted by Crippen LogP contribution is -2.23. The van der Waals surface area contributed by atoms with Crippen LogP contribution in [-0.2, 0) is 0 Å². The summed E-state index contributed by atoms with van der Waals surface area (Å²) in [5.74, 6) is -0.334. The number of aliphatic hydroxyl groups is 1. The Kier molecular flexibility index (Phi) is 3.91. The number of benzene rings is 2. The zero-order chi connectivity index (χ0) is 16.4. The van der Waals surface area contributed by atoms with Gasteiger partial charge in [-0.15, -0.1) is 0 Å². The molecule has 0 radical (unpaired) electrons. The lowest BCUT2D eigenvalue weighted by atomic mass is 9.83. The van der Waals surface area contributed by atoms with E-state index >= 15 is 0 Å². The zero-order valence-corrected chi connectivity index (χ0v) is 12.2. The van der Waals surface area contributed by atoms with Gasteiger partial charge in [0.05, 0.1) is 5.56 Å². The summed E-state index contributed by atoms with van der Waals surface area (Å²) in [6.07, 6.45) is 3.18. The molecule has 0 bridgehead atoms. The number of ether oxygens (including phenoxy) is 1. The van der Waals surface area contributed by atoms with E-state index in [1.54, 1.807) is 42.5 Å². The third kappa shape index (κ3) is 2.60. The second-order valence-electron chi connectivity index (χ2n) is 5.01. The van der Waals surface area contributed by atoms with Crippen LogP contribution in [0.25, 0.3) is 0 Å². The van der Waals surface area contributed by atoms with Gasteiger partial charge in [-0.1, -0.05) is 55.1 Å². The third-order valence-corrected chi connectivity index (χ3v) is 3.57. The lowest BCUT2D eigenvalue weighted by Gasteiger charge is -2.21. The van der Waals surface area contributed by atoms with E-state index in [0.717, 1.165) is 0 Å². The number of fused-ring (bicyclic) bond motifs is 2.